The number of hydrogen-bond acceptors (Lipinski definition) is 2. The second-order valence-corrected chi connectivity index (χ2v) is 5.58. The second-order valence-electron chi connectivity index (χ2n) is 4.67. The van der Waals surface area contributed by atoms with Gasteiger partial charge in [0.2, 0.25) is 0 Å². The molecule has 1 atom stereocenters. The van der Waals surface area contributed by atoms with Crippen molar-refractivity contribution >= 4 is 15.9 Å². The molecule has 0 saturated carbocycles. The van der Waals surface area contributed by atoms with Gasteiger partial charge in [0.1, 0.15) is 11.9 Å². The summed E-state index contributed by atoms with van der Waals surface area (Å²) < 4.78 is 7.10. The monoisotopic (exact) mass is 319 g/mol. The summed E-state index contributed by atoms with van der Waals surface area (Å²) in [7, 11) is 0. The third-order valence-electron chi connectivity index (χ3n) is 3.03. The highest BCUT2D eigenvalue weighted by atomic mass is 79.9. The Bertz CT molecular complexity index is 568. The van der Waals surface area contributed by atoms with Crippen molar-refractivity contribution in [2.24, 2.45) is 5.73 Å². The fourth-order valence-corrected chi connectivity index (χ4v) is 2.50. The van der Waals surface area contributed by atoms with Crippen LogP contribution < -0.4 is 10.5 Å². The molecule has 100 valence electrons. The van der Waals surface area contributed by atoms with E-state index < -0.39 is 0 Å². The van der Waals surface area contributed by atoms with Crippen molar-refractivity contribution in [1.82, 2.24) is 0 Å². The van der Waals surface area contributed by atoms with Crippen LogP contribution in [-0.4, -0.2) is 6.54 Å². The molecule has 2 rings (SSSR count). The molecule has 0 saturated heterocycles. The van der Waals surface area contributed by atoms with E-state index in [1.165, 1.54) is 5.56 Å². The minimum Gasteiger partial charge on any atom is -0.484 e. The van der Waals surface area contributed by atoms with Crippen molar-refractivity contribution in [3.8, 4) is 5.75 Å². The highest BCUT2D eigenvalue weighted by Crippen LogP contribution is 2.27. The maximum Gasteiger partial charge on any atom is 0.136 e. The number of halogens is 1. The zero-order valence-electron chi connectivity index (χ0n) is 11.2. The van der Waals surface area contributed by atoms with Gasteiger partial charge < -0.3 is 10.5 Å². The van der Waals surface area contributed by atoms with Gasteiger partial charge >= 0.3 is 0 Å². The zero-order valence-corrected chi connectivity index (χ0v) is 12.8. The van der Waals surface area contributed by atoms with Crippen LogP contribution in [0.15, 0.2) is 46.9 Å². The molecule has 19 heavy (non-hydrogen) atoms. The van der Waals surface area contributed by atoms with Gasteiger partial charge in [0.25, 0.3) is 0 Å². The van der Waals surface area contributed by atoms with Gasteiger partial charge in [-0.05, 0) is 43.2 Å². The Hall–Kier alpha value is -1.32. The van der Waals surface area contributed by atoms with Gasteiger partial charge in [-0.25, -0.2) is 0 Å². The first-order valence-electron chi connectivity index (χ1n) is 6.29. The molecule has 0 aliphatic carbocycles. The van der Waals surface area contributed by atoms with Crippen LogP contribution in [0.3, 0.4) is 0 Å². The van der Waals surface area contributed by atoms with Crippen LogP contribution in [0.5, 0.6) is 5.75 Å². The summed E-state index contributed by atoms with van der Waals surface area (Å²) in [6.07, 6.45) is -0.111. The van der Waals surface area contributed by atoms with Crippen molar-refractivity contribution in [3.05, 3.63) is 63.6 Å². The summed E-state index contributed by atoms with van der Waals surface area (Å²) in [5.74, 6) is 0.875. The summed E-state index contributed by atoms with van der Waals surface area (Å²) in [6, 6.07) is 14.3. The van der Waals surface area contributed by atoms with E-state index in [2.05, 4.69) is 41.1 Å². The fourth-order valence-electron chi connectivity index (χ4n) is 2.02. The number of ether oxygens (including phenoxy) is 1. The van der Waals surface area contributed by atoms with Crippen molar-refractivity contribution in [1.29, 1.82) is 0 Å². The van der Waals surface area contributed by atoms with Crippen LogP contribution >= 0.6 is 15.9 Å². The minimum absolute atomic E-state index is 0.111. The van der Waals surface area contributed by atoms with E-state index in [1.807, 2.05) is 31.2 Å². The average molecular weight is 320 g/mol. The van der Waals surface area contributed by atoms with Gasteiger partial charge in [0, 0.05) is 11.0 Å². The molecule has 1 unspecified atom stereocenters. The molecular weight excluding hydrogens is 302 g/mol. The third-order valence-corrected chi connectivity index (χ3v) is 3.53. The van der Waals surface area contributed by atoms with Crippen molar-refractivity contribution in [2.75, 3.05) is 6.54 Å². The van der Waals surface area contributed by atoms with Crippen LogP contribution in [-0.2, 0) is 0 Å². The Morgan fingerprint density at radius 2 is 1.95 bits per heavy atom. The molecule has 0 aromatic heterocycles. The van der Waals surface area contributed by atoms with Gasteiger partial charge in [0.15, 0.2) is 0 Å². The van der Waals surface area contributed by atoms with E-state index in [0.717, 1.165) is 21.3 Å². The molecule has 0 spiro atoms. The molecule has 2 aromatic rings. The Morgan fingerprint density at radius 1 is 1.16 bits per heavy atom. The smallest absolute Gasteiger partial charge is 0.136 e. The Balaban J connectivity index is 2.24. The molecule has 0 heterocycles. The van der Waals surface area contributed by atoms with Gasteiger partial charge in [-0.15, -0.1) is 0 Å². The molecule has 0 bridgehead atoms. The predicted octanol–water partition coefficient (Wildman–Crippen LogP) is 4.14. The number of rotatable bonds is 4. The molecule has 0 fully saturated rings. The summed E-state index contributed by atoms with van der Waals surface area (Å²) in [5.41, 5.74) is 9.28. The Morgan fingerprint density at radius 3 is 2.58 bits per heavy atom. The summed E-state index contributed by atoms with van der Waals surface area (Å²) in [6.45, 7) is 4.56. The molecule has 2 nitrogen and oxygen atoms in total. The SMILES string of the molecule is Cc1cccc(C(CN)Oc2ccc(Br)cc2C)c1. The number of hydrogen-bond donors (Lipinski definition) is 1. The lowest BCUT2D eigenvalue weighted by atomic mass is 10.1. The maximum atomic E-state index is 6.04. The van der Waals surface area contributed by atoms with Gasteiger partial charge in [-0.2, -0.15) is 0 Å². The van der Waals surface area contributed by atoms with E-state index in [1.54, 1.807) is 0 Å². The average Bonchev–Trinajstić information content (AvgIpc) is 2.38. The molecular formula is C16H18BrNO. The lowest BCUT2D eigenvalue weighted by Gasteiger charge is -2.19. The molecule has 0 aliphatic heterocycles. The van der Waals surface area contributed by atoms with E-state index in [0.29, 0.717) is 6.54 Å². The Kier molecular flexibility index (Phi) is 4.61. The van der Waals surface area contributed by atoms with Crippen LogP contribution in [0.2, 0.25) is 0 Å². The normalized spacial score (nSPS) is 12.2. The third kappa shape index (κ3) is 3.58. The maximum absolute atomic E-state index is 6.04. The van der Waals surface area contributed by atoms with Crippen LogP contribution in [0.1, 0.15) is 22.8 Å². The molecule has 3 heteroatoms. The lowest BCUT2D eigenvalue weighted by Crippen LogP contribution is -2.18. The number of nitrogens with two attached hydrogens (primary N) is 1. The molecule has 0 aliphatic rings. The number of benzene rings is 2. The first kappa shape index (κ1) is 14.1. The lowest BCUT2D eigenvalue weighted by molar-refractivity contribution is 0.212. The van der Waals surface area contributed by atoms with E-state index in [-0.39, 0.29) is 6.10 Å². The molecule has 0 amide bonds. The van der Waals surface area contributed by atoms with E-state index >= 15 is 0 Å². The van der Waals surface area contributed by atoms with Crippen LogP contribution in [0.4, 0.5) is 0 Å². The molecule has 0 radical (unpaired) electrons. The minimum atomic E-state index is -0.111. The van der Waals surface area contributed by atoms with Crippen LogP contribution in [0, 0.1) is 13.8 Å². The largest absolute Gasteiger partial charge is 0.484 e. The molecule has 2 N–H and O–H groups in total. The summed E-state index contributed by atoms with van der Waals surface area (Å²) >= 11 is 3.45. The molecule has 2 aromatic carbocycles. The van der Waals surface area contributed by atoms with Crippen LogP contribution in [0.25, 0.3) is 0 Å². The zero-order chi connectivity index (χ0) is 13.8. The highest BCUT2D eigenvalue weighted by molar-refractivity contribution is 9.10. The Labute approximate surface area is 122 Å². The topological polar surface area (TPSA) is 35.2 Å². The van der Waals surface area contributed by atoms with Crippen molar-refractivity contribution in [3.63, 3.8) is 0 Å². The first-order chi connectivity index (χ1) is 9.10. The van der Waals surface area contributed by atoms with Crippen molar-refractivity contribution in [2.45, 2.75) is 20.0 Å². The van der Waals surface area contributed by atoms with Gasteiger partial charge in [-0.3, -0.25) is 0 Å². The predicted molar refractivity (Wildman–Crippen MR) is 82.5 cm³/mol. The fraction of sp³-hybridized carbons (Fsp3) is 0.250. The standard InChI is InChI=1S/C16H18BrNO/c1-11-4-3-5-13(8-11)16(10-18)19-15-7-6-14(17)9-12(15)2/h3-9,16H,10,18H2,1-2H3. The van der Waals surface area contributed by atoms with Gasteiger partial charge in [0.05, 0.1) is 0 Å². The summed E-state index contributed by atoms with van der Waals surface area (Å²) in [5, 5.41) is 0. The van der Waals surface area contributed by atoms with E-state index in [4.69, 9.17) is 10.5 Å². The first-order valence-corrected chi connectivity index (χ1v) is 7.09. The quantitative estimate of drug-likeness (QED) is 0.919. The van der Waals surface area contributed by atoms with Crippen molar-refractivity contribution < 1.29 is 4.74 Å². The highest BCUT2D eigenvalue weighted by Gasteiger charge is 2.13. The second kappa shape index (κ2) is 6.22. The van der Waals surface area contributed by atoms with Gasteiger partial charge in [-0.1, -0.05) is 45.8 Å². The summed E-state index contributed by atoms with van der Waals surface area (Å²) in [4.78, 5) is 0. The number of aryl methyl sites for hydroxylation is 2. The van der Waals surface area contributed by atoms with E-state index in [9.17, 15) is 0 Å².